The number of para-hydroxylation sites is 1. The molecule has 2 aromatic rings. The van der Waals surface area contributed by atoms with E-state index < -0.39 is 41.2 Å². The van der Waals surface area contributed by atoms with Gasteiger partial charge in [0, 0.05) is 11.2 Å². The zero-order valence-corrected chi connectivity index (χ0v) is 14.7. The van der Waals surface area contributed by atoms with Crippen LogP contribution in [-0.2, 0) is 15.8 Å². The molecule has 0 spiro atoms. The van der Waals surface area contributed by atoms with E-state index in [4.69, 9.17) is 11.6 Å². The van der Waals surface area contributed by atoms with Gasteiger partial charge in [-0.2, -0.15) is 13.2 Å². The Balaban J connectivity index is 1.93. The lowest BCUT2D eigenvalue weighted by molar-refractivity contribution is -0.137. The molecule has 0 aliphatic carbocycles. The van der Waals surface area contributed by atoms with Crippen molar-refractivity contribution in [1.82, 2.24) is 5.32 Å². The number of carbonyl (C=O) groups is 3. The van der Waals surface area contributed by atoms with E-state index >= 15 is 0 Å². The number of alkyl halides is 3. The predicted molar refractivity (Wildman–Crippen MR) is 95.6 cm³/mol. The van der Waals surface area contributed by atoms with Crippen molar-refractivity contribution in [3.05, 3.63) is 59.1 Å². The van der Waals surface area contributed by atoms with Crippen molar-refractivity contribution >= 4 is 47.0 Å². The van der Waals surface area contributed by atoms with Gasteiger partial charge in [-0.1, -0.05) is 23.7 Å². The zero-order valence-electron chi connectivity index (χ0n) is 13.9. The van der Waals surface area contributed by atoms with Crippen LogP contribution in [-0.4, -0.2) is 24.1 Å². The van der Waals surface area contributed by atoms with Gasteiger partial charge in [-0.3, -0.25) is 19.9 Å². The fraction of sp³-hybridized carbons (Fsp3) is 0.111. The zero-order chi connectivity index (χ0) is 20.5. The van der Waals surface area contributed by atoms with E-state index in [1.165, 1.54) is 36.4 Å². The van der Waals surface area contributed by atoms with Gasteiger partial charge in [-0.15, -0.1) is 0 Å². The average molecular weight is 410 g/mol. The van der Waals surface area contributed by atoms with Crippen LogP contribution >= 0.6 is 11.6 Å². The second kappa shape index (κ2) is 7.43. The van der Waals surface area contributed by atoms with Crippen LogP contribution < -0.4 is 10.2 Å². The molecule has 1 aliphatic rings. The van der Waals surface area contributed by atoms with Crippen molar-refractivity contribution < 1.29 is 27.6 Å². The smallest absolute Gasteiger partial charge is 0.276 e. The van der Waals surface area contributed by atoms with Crippen LogP contribution in [0, 0.1) is 5.92 Å². The van der Waals surface area contributed by atoms with Crippen molar-refractivity contribution in [2.24, 2.45) is 10.9 Å². The first kappa shape index (κ1) is 19.6. The number of halogens is 4. The Morgan fingerprint density at radius 2 is 1.68 bits per heavy atom. The summed E-state index contributed by atoms with van der Waals surface area (Å²) < 4.78 is 39.2. The maximum atomic E-state index is 13.1. The molecule has 3 rings (SSSR count). The second-order valence-electron chi connectivity index (χ2n) is 5.72. The number of anilines is 1. The van der Waals surface area contributed by atoms with E-state index in [0.29, 0.717) is 9.92 Å². The number of nitrogens with zero attached hydrogens (tertiary/aromatic N) is 2. The minimum atomic E-state index is -4.65. The number of imide groups is 2. The summed E-state index contributed by atoms with van der Waals surface area (Å²) in [5, 5.41) is 2.35. The van der Waals surface area contributed by atoms with E-state index in [2.05, 4.69) is 4.99 Å². The monoisotopic (exact) mass is 409 g/mol. The molecule has 0 unspecified atom stereocenters. The highest BCUT2D eigenvalue weighted by atomic mass is 35.5. The van der Waals surface area contributed by atoms with Crippen molar-refractivity contribution in [2.75, 3.05) is 4.90 Å². The van der Waals surface area contributed by atoms with Crippen LogP contribution in [0.4, 0.5) is 29.3 Å². The van der Waals surface area contributed by atoms with Gasteiger partial charge in [0.05, 0.1) is 16.9 Å². The highest BCUT2D eigenvalue weighted by Gasteiger charge is 2.40. The molecule has 1 N–H and O–H groups in total. The Morgan fingerprint density at radius 1 is 1.04 bits per heavy atom. The fourth-order valence-electron chi connectivity index (χ4n) is 2.54. The van der Waals surface area contributed by atoms with Gasteiger partial charge in [-0.25, -0.2) is 9.69 Å². The third-order valence-electron chi connectivity index (χ3n) is 3.86. The third-order valence-corrected chi connectivity index (χ3v) is 4.11. The van der Waals surface area contributed by atoms with E-state index in [9.17, 15) is 27.6 Å². The summed E-state index contributed by atoms with van der Waals surface area (Å²) in [6.07, 6.45) is -3.87. The molecule has 144 valence electrons. The summed E-state index contributed by atoms with van der Waals surface area (Å²) in [7, 11) is 0. The molecule has 0 saturated carbocycles. The largest absolute Gasteiger partial charge is 0.418 e. The van der Waals surface area contributed by atoms with Gasteiger partial charge in [-0.05, 0) is 36.4 Å². The van der Waals surface area contributed by atoms with Crippen LogP contribution in [0.5, 0.6) is 0 Å². The van der Waals surface area contributed by atoms with E-state index in [1.807, 2.05) is 5.32 Å². The lowest BCUT2D eigenvalue weighted by Gasteiger charge is -2.28. The number of hydrogen-bond donors (Lipinski definition) is 1. The number of amides is 4. The van der Waals surface area contributed by atoms with Crippen LogP contribution in [0.2, 0.25) is 5.02 Å². The van der Waals surface area contributed by atoms with Crippen molar-refractivity contribution in [2.45, 2.75) is 6.18 Å². The Kier molecular flexibility index (Phi) is 5.19. The second-order valence-corrected chi connectivity index (χ2v) is 6.15. The third kappa shape index (κ3) is 3.89. The van der Waals surface area contributed by atoms with Gasteiger partial charge < -0.3 is 0 Å². The van der Waals surface area contributed by atoms with Crippen LogP contribution in [0.15, 0.2) is 53.5 Å². The van der Waals surface area contributed by atoms with Crippen molar-refractivity contribution in [1.29, 1.82) is 0 Å². The van der Waals surface area contributed by atoms with Gasteiger partial charge >= 0.3 is 12.2 Å². The minimum Gasteiger partial charge on any atom is -0.276 e. The first-order chi connectivity index (χ1) is 13.2. The summed E-state index contributed by atoms with van der Waals surface area (Å²) in [4.78, 5) is 41.1. The number of urea groups is 1. The molecule has 4 amide bonds. The molecule has 0 bridgehead atoms. The van der Waals surface area contributed by atoms with Crippen molar-refractivity contribution in [3.63, 3.8) is 0 Å². The quantitative estimate of drug-likeness (QED) is 0.615. The number of carbonyl (C=O) groups excluding carboxylic acids is 3. The van der Waals surface area contributed by atoms with Crippen LogP contribution in [0.3, 0.4) is 0 Å². The Bertz CT molecular complexity index is 974. The summed E-state index contributed by atoms with van der Waals surface area (Å²) in [5.74, 6) is -3.49. The summed E-state index contributed by atoms with van der Waals surface area (Å²) in [5.41, 5.74) is -1.32. The molecular weight excluding hydrogens is 399 g/mol. The lowest BCUT2D eigenvalue weighted by Crippen LogP contribution is -2.58. The Morgan fingerprint density at radius 3 is 2.32 bits per heavy atom. The molecule has 2 aromatic carbocycles. The maximum Gasteiger partial charge on any atom is 0.418 e. The fourth-order valence-corrected chi connectivity index (χ4v) is 2.66. The number of rotatable bonds is 3. The molecule has 0 radical (unpaired) electrons. The van der Waals surface area contributed by atoms with Crippen molar-refractivity contribution in [3.8, 4) is 0 Å². The standard InChI is InChI=1S/C18H11ClF3N3O3/c19-10-5-7-11(8-6-10)25-16(27)12(15(26)24-17(25)28)9-23-14-4-2-1-3-13(14)18(20,21)22/h1-9,12H,(H,24,26,28)/t12-/m1/s1. The molecule has 1 aliphatic heterocycles. The molecule has 1 heterocycles. The van der Waals surface area contributed by atoms with Gasteiger partial charge in [0.1, 0.15) is 0 Å². The summed E-state index contributed by atoms with van der Waals surface area (Å²) in [6.45, 7) is 0. The van der Waals surface area contributed by atoms with E-state index in [0.717, 1.165) is 18.3 Å². The molecule has 28 heavy (non-hydrogen) atoms. The molecular formula is C18H11ClF3N3O3. The van der Waals surface area contributed by atoms with Crippen LogP contribution in [0.25, 0.3) is 0 Å². The van der Waals surface area contributed by atoms with Gasteiger partial charge in [0.25, 0.3) is 5.91 Å². The Hall–Kier alpha value is -3.20. The number of aliphatic imine (C=N–C) groups is 1. The number of benzene rings is 2. The molecule has 6 nitrogen and oxygen atoms in total. The predicted octanol–water partition coefficient (Wildman–Crippen LogP) is 3.96. The SMILES string of the molecule is O=C1NC(=O)N(c2ccc(Cl)cc2)C(=O)[C@@H]1C=Nc1ccccc1C(F)(F)F. The number of hydrogen-bond acceptors (Lipinski definition) is 4. The average Bonchev–Trinajstić information content (AvgIpc) is 2.62. The lowest BCUT2D eigenvalue weighted by atomic mass is 10.1. The summed E-state index contributed by atoms with van der Waals surface area (Å²) in [6, 6.07) is 9.16. The normalized spacial score (nSPS) is 17.9. The molecule has 10 heteroatoms. The van der Waals surface area contributed by atoms with Gasteiger partial charge in [0.15, 0.2) is 5.92 Å². The highest BCUT2D eigenvalue weighted by molar-refractivity contribution is 6.33. The molecule has 1 atom stereocenters. The Labute approximate surface area is 161 Å². The first-order valence-corrected chi connectivity index (χ1v) is 8.21. The molecule has 0 aromatic heterocycles. The number of barbiturate groups is 1. The summed E-state index contributed by atoms with van der Waals surface area (Å²) >= 11 is 5.77. The van der Waals surface area contributed by atoms with Gasteiger partial charge in [0.2, 0.25) is 5.91 Å². The highest BCUT2D eigenvalue weighted by Crippen LogP contribution is 2.36. The number of nitrogens with one attached hydrogen (secondary N) is 1. The molecule has 1 fully saturated rings. The van der Waals surface area contributed by atoms with E-state index in [1.54, 1.807) is 0 Å². The minimum absolute atomic E-state index is 0.147. The molecule has 1 saturated heterocycles. The first-order valence-electron chi connectivity index (χ1n) is 7.83. The topological polar surface area (TPSA) is 78.8 Å². The van der Waals surface area contributed by atoms with E-state index in [-0.39, 0.29) is 5.69 Å². The maximum absolute atomic E-state index is 13.1. The van der Waals surface area contributed by atoms with Crippen LogP contribution in [0.1, 0.15) is 5.56 Å².